The first kappa shape index (κ1) is 15.0. The highest BCUT2D eigenvalue weighted by molar-refractivity contribution is 5.92. The van der Waals surface area contributed by atoms with Crippen LogP contribution < -0.4 is 10.1 Å². The SMILES string of the molecule is COc1ccc(NC(=O)CN(C)C[C@@H](C)C#N)cc1. The molecule has 0 heterocycles. The number of nitrogens with zero attached hydrogens (tertiary/aromatic N) is 2. The second-order valence-corrected chi connectivity index (χ2v) is 4.50. The summed E-state index contributed by atoms with van der Waals surface area (Å²) in [7, 11) is 3.42. The molecule has 0 aliphatic heterocycles. The Balaban J connectivity index is 2.44. The van der Waals surface area contributed by atoms with Crippen molar-refractivity contribution in [2.24, 2.45) is 5.92 Å². The lowest BCUT2D eigenvalue weighted by Crippen LogP contribution is -2.32. The summed E-state index contributed by atoms with van der Waals surface area (Å²) in [6.45, 7) is 2.67. The average Bonchev–Trinajstić information content (AvgIpc) is 2.39. The zero-order valence-corrected chi connectivity index (χ0v) is 11.5. The average molecular weight is 261 g/mol. The van der Waals surface area contributed by atoms with Crippen molar-refractivity contribution in [1.29, 1.82) is 5.26 Å². The van der Waals surface area contributed by atoms with Crippen LogP contribution in [0.2, 0.25) is 0 Å². The van der Waals surface area contributed by atoms with E-state index in [-0.39, 0.29) is 18.4 Å². The number of ether oxygens (including phenoxy) is 1. The Morgan fingerprint density at radius 1 is 1.47 bits per heavy atom. The van der Waals surface area contributed by atoms with Crippen LogP contribution >= 0.6 is 0 Å². The second-order valence-electron chi connectivity index (χ2n) is 4.50. The van der Waals surface area contributed by atoms with Gasteiger partial charge in [-0.2, -0.15) is 5.26 Å². The van der Waals surface area contributed by atoms with Crippen LogP contribution in [0.15, 0.2) is 24.3 Å². The summed E-state index contributed by atoms with van der Waals surface area (Å²) in [5.74, 6) is 0.564. The fraction of sp³-hybridized carbons (Fsp3) is 0.429. The summed E-state index contributed by atoms with van der Waals surface area (Å²) in [6, 6.07) is 9.29. The maximum atomic E-state index is 11.8. The van der Waals surface area contributed by atoms with Gasteiger partial charge in [0.1, 0.15) is 5.75 Å². The first-order valence-electron chi connectivity index (χ1n) is 6.07. The Morgan fingerprint density at radius 3 is 2.63 bits per heavy atom. The Kier molecular flexibility index (Phi) is 5.83. The van der Waals surface area contributed by atoms with Crippen molar-refractivity contribution >= 4 is 11.6 Å². The molecule has 0 saturated carbocycles. The number of methoxy groups -OCH3 is 1. The largest absolute Gasteiger partial charge is 0.497 e. The van der Waals surface area contributed by atoms with E-state index < -0.39 is 0 Å². The molecular weight excluding hydrogens is 242 g/mol. The molecule has 1 rings (SSSR count). The quantitative estimate of drug-likeness (QED) is 0.847. The van der Waals surface area contributed by atoms with Crippen molar-refractivity contribution in [2.75, 3.05) is 32.6 Å². The molecule has 0 saturated heterocycles. The van der Waals surface area contributed by atoms with Crippen LogP contribution in [-0.4, -0.2) is 38.1 Å². The van der Waals surface area contributed by atoms with Gasteiger partial charge in [0, 0.05) is 12.2 Å². The molecule has 1 aromatic carbocycles. The molecule has 19 heavy (non-hydrogen) atoms. The predicted octanol–water partition coefficient (Wildman–Crippen LogP) is 1.73. The standard InChI is InChI=1S/C14H19N3O2/c1-11(8-15)9-17(2)10-14(18)16-12-4-6-13(19-3)7-5-12/h4-7,11H,9-10H2,1-3H3,(H,16,18)/t11-/m0/s1. The Morgan fingerprint density at radius 2 is 2.11 bits per heavy atom. The van der Waals surface area contributed by atoms with E-state index >= 15 is 0 Å². The maximum absolute atomic E-state index is 11.8. The predicted molar refractivity (Wildman–Crippen MR) is 73.9 cm³/mol. The number of hydrogen-bond donors (Lipinski definition) is 1. The zero-order chi connectivity index (χ0) is 14.3. The number of carbonyl (C=O) groups is 1. The molecule has 0 fully saturated rings. The van der Waals surface area contributed by atoms with Gasteiger partial charge in [-0.3, -0.25) is 9.69 Å². The van der Waals surface area contributed by atoms with Crippen molar-refractivity contribution in [3.8, 4) is 11.8 Å². The van der Waals surface area contributed by atoms with E-state index in [0.717, 1.165) is 11.4 Å². The highest BCUT2D eigenvalue weighted by Gasteiger charge is 2.10. The van der Waals surface area contributed by atoms with E-state index in [2.05, 4.69) is 11.4 Å². The molecular formula is C14H19N3O2. The number of anilines is 1. The van der Waals surface area contributed by atoms with Crippen molar-refractivity contribution in [3.63, 3.8) is 0 Å². The first-order valence-corrected chi connectivity index (χ1v) is 6.07. The molecule has 0 bridgehead atoms. The van der Waals surface area contributed by atoms with Crippen LogP contribution in [-0.2, 0) is 4.79 Å². The van der Waals surface area contributed by atoms with Gasteiger partial charge in [0.15, 0.2) is 0 Å². The zero-order valence-electron chi connectivity index (χ0n) is 11.5. The van der Waals surface area contributed by atoms with E-state index in [1.165, 1.54) is 0 Å². The van der Waals surface area contributed by atoms with Crippen molar-refractivity contribution in [1.82, 2.24) is 4.90 Å². The lowest BCUT2D eigenvalue weighted by molar-refractivity contribution is -0.117. The number of likely N-dealkylation sites (N-methyl/N-ethyl adjacent to an activating group) is 1. The molecule has 1 amide bonds. The summed E-state index contributed by atoms with van der Waals surface area (Å²) in [5, 5.41) is 11.5. The van der Waals surface area contributed by atoms with Gasteiger partial charge in [0.05, 0.1) is 25.6 Å². The minimum absolute atomic E-state index is 0.0845. The van der Waals surface area contributed by atoms with Crippen molar-refractivity contribution in [3.05, 3.63) is 24.3 Å². The number of carbonyl (C=O) groups excluding carboxylic acids is 1. The minimum atomic E-state index is -0.0993. The van der Waals surface area contributed by atoms with Gasteiger partial charge < -0.3 is 10.1 Å². The maximum Gasteiger partial charge on any atom is 0.238 e. The Bertz CT molecular complexity index is 451. The van der Waals surface area contributed by atoms with Crippen LogP contribution in [0.3, 0.4) is 0 Å². The van der Waals surface area contributed by atoms with Crippen LogP contribution in [0.1, 0.15) is 6.92 Å². The smallest absolute Gasteiger partial charge is 0.238 e. The third kappa shape index (κ3) is 5.40. The van der Waals surface area contributed by atoms with Gasteiger partial charge in [-0.05, 0) is 38.2 Å². The molecule has 1 aromatic rings. The molecule has 0 unspecified atom stereocenters. The number of benzene rings is 1. The van der Waals surface area contributed by atoms with Crippen molar-refractivity contribution < 1.29 is 9.53 Å². The van der Waals surface area contributed by atoms with E-state index in [9.17, 15) is 4.79 Å². The summed E-state index contributed by atoms with van der Waals surface area (Å²) in [5.41, 5.74) is 0.729. The monoisotopic (exact) mass is 261 g/mol. The third-order valence-electron chi connectivity index (χ3n) is 2.59. The topological polar surface area (TPSA) is 65.4 Å². The number of nitrogens with one attached hydrogen (secondary N) is 1. The molecule has 0 aromatic heterocycles. The van der Waals surface area contributed by atoms with Gasteiger partial charge in [-0.25, -0.2) is 0 Å². The molecule has 0 aliphatic carbocycles. The molecule has 0 spiro atoms. The van der Waals surface area contributed by atoms with Gasteiger partial charge in [-0.1, -0.05) is 0 Å². The van der Waals surface area contributed by atoms with E-state index in [0.29, 0.717) is 6.54 Å². The third-order valence-corrected chi connectivity index (χ3v) is 2.59. The lowest BCUT2D eigenvalue weighted by Gasteiger charge is -2.17. The van der Waals surface area contributed by atoms with Gasteiger partial charge >= 0.3 is 0 Å². The van der Waals surface area contributed by atoms with Gasteiger partial charge in [0.2, 0.25) is 5.91 Å². The fourth-order valence-electron chi connectivity index (χ4n) is 1.69. The van der Waals surface area contributed by atoms with Crippen LogP contribution in [0.4, 0.5) is 5.69 Å². The number of hydrogen-bond acceptors (Lipinski definition) is 4. The van der Waals surface area contributed by atoms with Crippen LogP contribution in [0, 0.1) is 17.2 Å². The second kappa shape index (κ2) is 7.39. The van der Waals surface area contributed by atoms with E-state index in [1.54, 1.807) is 31.4 Å². The van der Waals surface area contributed by atoms with Crippen molar-refractivity contribution in [2.45, 2.75) is 6.92 Å². The molecule has 0 aliphatic rings. The molecule has 102 valence electrons. The number of nitriles is 1. The fourth-order valence-corrected chi connectivity index (χ4v) is 1.69. The van der Waals surface area contributed by atoms with Crippen LogP contribution in [0.5, 0.6) is 5.75 Å². The van der Waals surface area contributed by atoms with E-state index in [4.69, 9.17) is 10.00 Å². The molecule has 5 heteroatoms. The molecule has 1 atom stereocenters. The number of rotatable bonds is 6. The van der Waals surface area contributed by atoms with Gasteiger partial charge in [0.25, 0.3) is 0 Å². The Labute approximate surface area is 113 Å². The molecule has 1 N–H and O–H groups in total. The highest BCUT2D eigenvalue weighted by atomic mass is 16.5. The minimum Gasteiger partial charge on any atom is -0.497 e. The first-order chi connectivity index (χ1) is 9.05. The summed E-state index contributed by atoms with van der Waals surface area (Å²) in [6.07, 6.45) is 0. The summed E-state index contributed by atoms with van der Waals surface area (Å²) < 4.78 is 5.04. The summed E-state index contributed by atoms with van der Waals surface area (Å²) in [4.78, 5) is 13.6. The number of amides is 1. The molecule has 0 radical (unpaired) electrons. The Hall–Kier alpha value is -2.06. The summed E-state index contributed by atoms with van der Waals surface area (Å²) >= 11 is 0. The molecule has 5 nitrogen and oxygen atoms in total. The van der Waals surface area contributed by atoms with Crippen LogP contribution in [0.25, 0.3) is 0 Å². The lowest BCUT2D eigenvalue weighted by atomic mass is 10.2. The normalized spacial score (nSPS) is 11.7. The van der Waals surface area contributed by atoms with E-state index in [1.807, 2.05) is 18.9 Å². The highest BCUT2D eigenvalue weighted by Crippen LogP contribution is 2.14. The van der Waals surface area contributed by atoms with Gasteiger partial charge in [-0.15, -0.1) is 0 Å².